The molecule has 0 fully saturated rings. The van der Waals surface area contributed by atoms with Crippen LogP contribution in [0.25, 0.3) is 0 Å². The number of unbranched alkanes of at least 4 members (excludes halogenated alkanes) is 1. The molecule has 0 amide bonds. The highest BCUT2D eigenvalue weighted by molar-refractivity contribution is 5.11. The molecule has 108 valence electrons. The van der Waals surface area contributed by atoms with E-state index in [4.69, 9.17) is 0 Å². The zero-order valence-corrected chi connectivity index (χ0v) is 12.5. The maximum atomic E-state index is 13.9. The van der Waals surface area contributed by atoms with Gasteiger partial charge >= 0.3 is 0 Å². The Hall–Kier alpha value is -0.960. The zero-order chi connectivity index (χ0) is 14.1. The van der Waals surface area contributed by atoms with E-state index < -0.39 is 0 Å². The maximum Gasteiger partial charge on any atom is 0.146 e. The van der Waals surface area contributed by atoms with Crippen molar-refractivity contribution < 1.29 is 4.39 Å². The molecule has 0 spiro atoms. The molecule has 1 heterocycles. The zero-order valence-electron chi connectivity index (χ0n) is 12.5. The third kappa shape index (κ3) is 5.27. The summed E-state index contributed by atoms with van der Waals surface area (Å²) in [5.74, 6) is 0.448. The Labute approximate surface area is 116 Å². The van der Waals surface area contributed by atoms with Crippen molar-refractivity contribution in [3.8, 4) is 0 Å². The lowest BCUT2D eigenvalue weighted by Gasteiger charge is -2.23. The van der Waals surface area contributed by atoms with Gasteiger partial charge in [-0.3, -0.25) is 4.98 Å². The first-order valence-electron chi connectivity index (χ1n) is 7.56. The summed E-state index contributed by atoms with van der Waals surface area (Å²) in [6, 6.07) is 3.18. The lowest BCUT2D eigenvalue weighted by molar-refractivity contribution is 0.346. The minimum Gasteiger partial charge on any atom is -0.309 e. The molecular formula is C16H27FN2. The number of aromatic nitrogens is 1. The Morgan fingerprint density at radius 1 is 1.32 bits per heavy atom. The van der Waals surface area contributed by atoms with E-state index in [1.54, 1.807) is 12.3 Å². The van der Waals surface area contributed by atoms with E-state index in [0.29, 0.717) is 11.6 Å². The molecule has 2 nitrogen and oxygen atoms in total. The topological polar surface area (TPSA) is 24.9 Å². The predicted molar refractivity (Wildman–Crippen MR) is 78.5 cm³/mol. The standard InChI is InChI=1S/C16H27FN2/c1-4-7-9-13(5-2)12-15(18-6-3)16-14(17)10-8-11-19-16/h8,10-11,13,15,18H,4-7,9,12H2,1-3H3. The number of hydrogen-bond acceptors (Lipinski definition) is 2. The van der Waals surface area contributed by atoms with Gasteiger partial charge in [-0.2, -0.15) is 0 Å². The molecule has 0 saturated heterocycles. The first kappa shape index (κ1) is 16.1. The van der Waals surface area contributed by atoms with Gasteiger partial charge in [-0.05, 0) is 31.0 Å². The Morgan fingerprint density at radius 3 is 2.68 bits per heavy atom. The van der Waals surface area contributed by atoms with Crippen molar-refractivity contribution in [2.75, 3.05) is 6.54 Å². The highest BCUT2D eigenvalue weighted by Gasteiger charge is 2.20. The van der Waals surface area contributed by atoms with Crippen LogP contribution in [-0.2, 0) is 0 Å². The maximum absolute atomic E-state index is 13.9. The summed E-state index contributed by atoms with van der Waals surface area (Å²) in [4.78, 5) is 4.23. The SMILES string of the molecule is CCCCC(CC)CC(NCC)c1ncccc1F. The number of pyridine rings is 1. The molecule has 0 aliphatic heterocycles. The molecule has 0 aromatic carbocycles. The van der Waals surface area contributed by atoms with E-state index in [1.807, 2.05) is 0 Å². The van der Waals surface area contributed by atoms with Crippen LogP contribution in [0.2, 0.25) is 0 Å². The summed E-state index contributed by atoms with van der Waals surface area (Å²) in [7, 11) is 0. The van der Waals surface area contributed by atoms with Crippen LogP contribution in [0, 0.1) is 11.7 Å². The smallest absolute Gasteiger partial charge is 0.146 e. The number of hydrogen-bond donors (Lipinski definition) is 1. The Morgan fingerprint density at radius 2 is 2.11 bits per heavy atom. The van der Waals surface area contributed by atoms with Gasteiger partial charge in [0.1, 0.15) is 5.82 Å². The molecule has 0 aliphatic rings. The van der Waals surface area contributed by atoms with Gasteiger partial charge in [0.15, 0.2) is 0 Å². The second-order valence-electron chi connectivity index (χ2n) is 5.13. The van der Waals surface area contributed by atoms with E-state index in [2.05, 4.69) is 31.1 Å². The fourth-order valence-electron chi connectivity index (χ4n) is 2.51. The normalized spacial score (nSPS) is 14.3. The molecule has 0 saturated carbocycles. The summed E-state index contributed by atoms with van der Waals surface area (Å²) >= 11 is 0. The van der Waals surface area contributed by atoms with E-state index in [0.717, 1.165) is 19.4 Å². The molecule has 0 bridgehead atoms. The fraction of sp³-hybridized carbons (Fsp3) is 0.688. The van der Waals surface area contributed by atoms with Gasteiger partial charge < -0.3 is 5.32 Å². The number of nitrogens with zero attached hydrogens (tertiary/aromatic N) is 1. The number of rotatable bonds is 9. The lowest BCUT2D eigenvalue weighted by atomic mass is 9.90. The van der Waals surface area contributed by atoms with Gasteiger partial charge in [-0.1, -0.05) is 46.5 Å². The van der Waals surface area contributed by atoms with Gasteiger partial charge in [-0.15, -0.1) is 0 Å². The van der Waals surface area contributed by atoms with Crippen LogP contribution in [0.1, 0.15) is 64.6 Å². The summed E-state index contributed by atoms with van der Waals surface area (Å²) in [6.45, 7) is 7.33. The van der Waals surface area contributed by atoms with E-state index in [1.165, 1.54) is 25.3 Å². The van der Waals surface area contributed by atoms with Crippen molar-refractivity contribution in [3.63, 3.8) is 0 Å². The predicted octanol–water partition coefficient (Wildman–Crippen LogP) is 4.48. The second-order valence-corrected chi connectivity index (χ2v) is 5.13. The lowest BCUT2D eigenvalue weighted by Crippen LogP contribution is -2.25. The van der Waals surface area contributed by atoms with Crippen LogP contribution in [0.5, 0.6) is 0 Å². The van der Waals surface area contributed by atoms with E-state index in [9.17, 15) is 4.39 Å². The first-order valence-corrected chi connectivity index (χ1v) is 7.56. The molecule has 1 aromatic rings. The van der Waals surface area contributed by atoms with E-state index >= 15 is 0 Å². The quantitative estimate of drug-likeness (QED) is 0.713. The Bertz CT molecular complexity index is 354. The second kappa shape index (κ2) is 9.03. The molecular weight excluding hydrogens is 239 g/mol. The summed E-state index contributed by atoms with van der Waals surface area (Å²) in [5, 5.41) is 3.38. The number of nitrogens with one attached hydrogen (secondary N) is 1. The van der Waals surface area contributed by atoms with Crippen molar-refractivity contribution in [2.24, 2.45) is 5.92 Å². The highest BCUT2D eigenvalue weighted by Crippen LogP contribution is 2.26. The molecule has 2 unspecified atom stereocenters. The molecule has 3 heteroatoms. The van der Waals surface area contributed by atoms with Gasteiger partial charge in [-0.25, -0.2) is 4.39 Å². The molecule has 1 aromatic heterocycles. The molecule has 0 aliphatic carbocycles. The Kier molecular flexibility index (Phi) is 7.65. The molecule has 19 heavy (non-hydrogen) atoms. The minimum absolute atomic E-state index is 0.0352. The largest absolute Gasteiger partial charge is 0.309 e. The van der Waals surface area contributed by atoms with E-state index in [-0.39, 0.29) is 11.9 Å². The van der Waals surface area contributed by atoms with Gasteiger partial charge in [0.25, 0.3) is 0 Å². The molecule has 2 atom stereocenters. The van der Waals surface area contributed by atoms with Crippen LogP contribution in [-0.4, -0.2) is 11.5 Å². The van der Waals surface area contributed by atoms with Gasteiger partial charge in [0.05, 0.1) is 11.7 Å². The van der Waals surface area contributed by atoms with Crippen LogP contribution in [0.3, 0.4) is 0 Å². The van der Waals surface area contributed by atoms with Crippen LogP contribution in [0.4, 0.5) is 4.39 Å². The van der Waals surface area contributed by atoms with Crippen LogP contribution in [0.15, 0.2) is 18.3 Å². The summed E-state index contributed by atoms with van der Waals surface area (Å²) in [5.41, 5.74) is 0.569. The summed E-state index contributed by atoms with van der Waals surface area (Å²) < 4.78 is 13.9. The average Bonchev–Trinajstić information content (AvgIpc) is 2.43. The third-order valence-electron chi connectivity index (χ3n) is 3.68. The molecule has 1 N–H and O–H groups in total. The monoisotopic (exact) mass is 266 g/mol. The minimum atomic E-state index is -0.196. The molecule has 0 radical (unpaired) electrons. The van der Waals surface area contributed by atoms with Crippen molar-refractivity contribution in [1.29, 1.82) is 0 Å². The van der Waals surface area contributed by atoms with Crippen molar-refractivity contribution in [2.45, 2.75) is 58.9 Å². The first-order chi connectivity index (χ1) is 9.22. The van der Waals surface area contributed by atoms with Gasteiger partial charge in [0.2, 0.25) is 0 Å². The average molecular weight is 266 g/mol. The number of halogens is 1. The Balaban J connectivity index is 2.74. The van der Waals surface area contributed by atoms with Crippen molar-refractivity contribution >= 4 is 0 Å². The van der Waals surface area contributed by atoms with Crippen molar-refractivity contribution in [3.05, 3.63) is 29.8 Å². The highest BCUT2D eigenvalue weighted by atomic mass is 19.1. The van der Waals surface area contributed by atoms with Crippen LogP contribution >= 0.6 is 0 Å². The third-order valence-corrected chi connectivity index (χ3v) is 3.68. The van der Waals surface area contributed by atoms with Gasteiger partial charge in [0, 0.05) is 6.20 Å². The molecule has 1 rings (SSSR count). The summed E-state index contributed by atoms with van der Waals surface area (Å²) in [6.07, 6.45) is 7.50. The fourth-order valence-corrected chi connectivity index (χ4v) is 2.51. The van der Waals surface area contributed by atoms with Crippen molar-refractivity contribution in [1.82, 2.24) is 10.3 Å². The van der Waals surface area contributed by atoms with Crippen LogP contribution < -0.4 is 5.32 Å².